The molecule has 2 nitrogen and oxygen atoms in total. The summed E-state index contributed by atoms with van der Waals surface area (Å²) < 4.78 is 70.4. The molecule has 0 amide bonds. The second kappa shape index (κ2) is 6.72. The van der Waals surface area contributed by atoms with Crippen molar-refractivity contribution in [2.75, 3.05) is 0 Å². The first kappa shape index (κ1) is 17.5. The third kappa shape index (κ3) is 3.40. The smallest absolute Gasteiger partial charge is 0.344 e. The summed E-state index contributed by atoms with van der Waals surface area (Å²) in [6, 6.07) is 4.14. The zero-order valence-electron chi connectivity index (χ0n) is 10.9. The van der Waals surface area contributed by atoms with E-state index >= 15 is 0 Å². The van der Waals surface area contributed by atoms with Crippen LogP contribution in [0.25, 0.3) is 0 Å². The van der Waals surface area contributed by atoms with Gasteiger partial charge in [0.05, 0.1) is 0 Å². The van der Waals surface area contributed by atoms with E-state index in [0.717, 1.165) is 0 Å². The summed E-state index contributed by atoms with van der Waals surface area (Å²) in [5.74, 6) is -13.1. The third-order valence-electron chi connectivity index (χ3n) is 2.78. The highest BCUT2D eigenvalue weighted by molar-refractivity contribution is 6.33. The lowest BCUT2D eigenvalue weighted by molar-refractivity contribution is 0.0458. The Kier molecular flexibility index (Phi) is 5.11. The van der Waals surface area contributed by atoms with Crippen LogP contribution in [0.4, 0.5) is 22.0 Å². The van der Waals surface area contributed by atoms with Crippen LogP contribution in [-0.4, -0.2) is 5.97 Å². The molecular weight excluding hydrogens is 366 g/mol. The fourth-order valence-electron chi connectivity index (χ4n) is 1.65. The van der Waals surface area contributed by atoms with E-state index in [0.29, 0.717) is 0 Å². The SMILES string of the molecule is O=C(OCc1cc(Cl)ccc1Cl)c1c(F)c(F)c(F)c(F)c1F. The maximum absolute atomic E-state index is 13.5. The molecule has 2 aromatic carbocycles. The molecule has 0 aliphatic carbocycles. The van der Waals surface area contributed by atoms with Gasteiger partial charge >= 0.3 is 5.97 Å². The van der Waals surface area contributed by atoms with Gasteiger partial charge in [-0.1, -0.05) is 23.2 Å². The Labute approximate surface area is 136 Å². The zero-order valence-corrected chi connectivity index (χ0v) is 12.4. The first-order chi connectivity index (χ1) is 10.7. The maximum atomic E-state index is 13.5. The van der Waals surface area contributed by atoms with Crippen LogP contribution in [0.15, 0.2) is 18.2 Å². The van der Waals surface area contributed by atoms with Crippen molar-refractivity contribution in [1.29, 1.82) is 0 Å². The van der Waals surface area contributed by atoms with E-state index in [4.69, 9.17) is 23.2 Å². The lowest BCUT2D eigenvalue weighted by Crippen LogP contribution is -2.15. The van der Waals surface area contributed by atoms with Crippen LogP contribution < -0.4 is 0 Å². The Morgan fingerprint density at radius 2 is 1.43 bits per heavy atom. The summed E-state index contributed by atoms with van der Waals surface area (Å²) >= 11 is 11.5. The highest BCUT2D eigenvalue weighted by Gasteiger charge is 2.30. The van der Waals surface area contributed by atoms with Crippen LogP contribution in [-0.2, 0) is 11.3 Å². The van der Waals surface area contributed by atoms with Crippen molar-refractivity contribution < 1.29 is 31.5 Å². The Morgan fingerprint density at radius 1 is 0.913 bits per heavy atom. The topological polar surface area (TPSA) is 26.3 Å². The lowest BCUT2D eigenvalue weighted by Gasteiger charge is -2.09. The number of ether oxygens (including phenoxy) is 1. The summed E-state index contributed by atoms with van der Waals surface area (Å²) in [4.78, 5) is 11.6. The average molecular weight is 371 g/mol. The maximum Gasteiger partial charge on any atom is 0.344 e. The molecule has 23 heavy (non-hydrogen) atoms. The Hall–Kier alpha value is -1.86. The normalized spacial score (nSPS) is 10.7. The molecule has 0 bridgehead atoms. The molecule has 0 saturated heterocycles. The lowest BCUT2D eigenvalue weighted by atomic mass is 10.1. The Morgan fingerprint density at radius 3 is 2.00 bits per heavy atom. The molecule has 0 radical (unpaired) electrons. The number of benzene rings is 2. The summed E-state index contributed by atoms with van der Waals surface area (Å²) in [5, 5.41) is 0.385. The van der Waals surface area contributed by atoms with Gasteiger partial charge in [0.1, 0.15) is 12.2 Å². The van der Waals surface area contributed by atoms with Gasteiger partial charge in [0.15, 0.2) is 23.3 Å². The van der Waals surface area contributed by atoms with E-state index in [1.54, 1.807) is 0 Å². The molecule has 0 aromatic heterocycles. The van der Waals surface area contributed by atoms with Gasteiger partial charge in [-0.15, -0.1) is 0 Å². The van der Waals surface area contributed by atoms with Gasteiger partial charge in [0.2, 0.25) is 5.82 Å². The van der Waals surface area contributed by atoms with Gasteiger partial charge in [-0.25, -0.2) is 26.7 Å². The molecule has 0 spiro atoms. The number of rotatable bonds is 3. The van der Waals surface area contributed by atoms with Gasteiger partial charge in [-0.3, -0.25) is 0 Å². The molecule has 2 aromatic rings. The number of hydrogen-bond donors (Lipinski definition) is 0. The summed E-state index contributed by atoms with van der Waals surface area (Å²) in [7, 11) is 0. The van der Waals surface area contributed by atoms with Crippen LogP contribution in [0.3, 0.4) is 0 Å². The molecule has 0 saturated carbocycles. The highest BCUT2D eigenvalue weighted by atomic mass is 35.5. The Balaban J connectivity index is 2.30. The number of hydrogen-bond acceptors (Lipinski definition) is 2. The van der Waals surface area contributed by atoms with Crippen LogP contribution in [0, 0.1) is 29.1 Å². The predicted molar refractivity (Wildman–Crippen MR) is 71.8 cm³/mol. The van der Waals surface area contributed by atoms with Crippen molar-refractivity contribution in [3.05, 3.63) is 68.5 Å². The summed E-state index contributed by atoms with van der Waals surface area (Å²) in [5.41, 5.74) is -1.49. The van der Waals surface area contributed by atoms with Gasteiger partial charge in [0.25, 0.3) is 0 Å². The fraction of sp³-hybridized carbons (Fsp3) is 0.0714. The van der Waals surface area contributed by atoms with Crippen LogP contribution >= 0.6 is 23.2 Å². The van der Waals surface area contributed by atoms with E-state index in [2.05, 4.69) is 4.74 Å². The summed E-state index contributed by atoms with van der Waals surface area (Å²) in [6.45, 7) is -0.572. The molecule has 0 fully saturated rings. The monoisotopic (exact) mass is 370 g/mol. The molecule has 9 heteroatoms. The molecule has 0 N–H and O–H groups in total. The van der Waals surface area contributed by atoms with Gasteiger partial charge < -0.3 is 4.74 Å². The average Bonchev–Trinajstić information content (AvgIpc) is 2.52. The van der Waals surface area contributed by atoms with E-state index in [-0.39, 0.29) is 15.6 Å². The van der Waals surface area contributed by atoms with Crippen molar-refractivity contribution in [1.82, 2.24) is 0 Å². The van der Waals surface area contributed by atoms with Crippen molar-refractivity contribution in [2.24, 2.45) is 0 Å². The van der Waals surface area contributed by atoms with Gasteiger partial charge in [-0.2, -0.15) is 0 Å². The molecule has 0 aliphatic rings. The zero-order chi connectivity index (χ0) is 17.3. The number of esters is 1. The van der Waals surface area contributed by atoms with Crippen molar-refractivity contribution in [3.63, 3.8) is 0 Å². The number of halogens is 7. The van der Waals surface area contributed by atoms with Crippen molar-refractivity contribution >= 4 is 29.2 Å². The van der Waals surface area contributed by atoms with E-state index in [9.17, 15) is 26.7 Å². The largest absolute Gasteiger partial charge is 0.457 e. The molecular formula is C14H5Cl2F5O2. The minimum Gasteiger partial charge on any atom is -0.457 e. The fourth-order valence-corrected chi connectivity index (χ4v) is 2.02. The molecule has 0 atom stereocenters. The number of carbonyl (C=O) groups excluding carboxylic acids is 1. The minimum atomic E-state index is -2.37. The molecule has 2 rings (SSSR count). The molecule has 0 aliphatic heterocycles. The van der Waals surface area contributed by atoms with E-state index in [1.807, 2.05) is 0 Å². The molecule has 122 valence electrons. The Bertz CT molecular complexity index is 766. The molecule has 0 unspecified atom stereocenters. The second-order valence-corrected chi connectivity index (χ2v) is 5.10. The standard InChI is InChI=1S/C14H5Cl2F5O2/c15-6-1-2-7(16)5(3-6)4-23-14(22)8-9(17)11(19)13(21)12(20)10(8)18/h1-3H,4H2. The predicted octanol–water partition coefficient (Wildman–Crippen LogP) is 5.05. The van der Waals surface area contributed by atoms with E-state index < -0.39 is 47.2 Å². The van der Waals surface area contributed by atoms with Crippen LogP contribution in [0.2, 0.25) is 10.0 Å². The van der Waals surface area contributed by atoms with Gasteiger partial charge in [0, 0.05) is 15.6 Å². The number of carbonyl (C=O) groups is 1. The third-order valence-corrected chi connectivity index (χ3v) is 3.38. The quantitative estimate of drug-likeness (QED) is 0.327. The van der Waals surface area contributed by atoms with Crippen molar-refractivity contribution in [3.8, 4) is 0 Å². The van der Waals surface area contributed by atoms with Gasteiger partial charge in [-0.05, 0) is 18.2 Å². The van der Waals surface area contributed by atoms with E-state index in [1.165, 1.54) is 18.2 Å². The van der Waals surface area contributed by atoms with Crippen LogP contribution in [0.5, 0.6) is 0 Å². The minimum absolute atomic E-state index is 0.139. The first-order valence-electron chi connectivity index (χ1n) is 5.86. The van der Waals surface area contributed by atoms with Crippen molar-refractivity contribution in [2.45, 2.75) is 6.61 Å². The first-order valence-corrected chi connectivity index (χ1v) is 6.62. The highest BCUT2D eigenvalue weighted by Crippen LogP contribution is 2.25. The second-order valence-electron chi connectivity index (χ2n) is 4.26. The molecule has 0 heterocycles. The van der Waals surface area contributed by atoms with Crippen LogP contribution in [0.1, 0.15) is 15.9 Å². The summed E-state index contributed by atoms with van der Waals surface area (Å²) in [6.07, 6.45) is 0.